The molecule has 0 fully saturated rings. The van der Waals surface area contributed by atoms with Crippen LogP contribution in [0.25, 0.3) is 89.7 Å². The van der Waals surface area contributed by atoms with Crippen molar-refractivity contribution >= 4 is 106 Å². The van der Waals surface area contributed by atoms with Crippen molar-refractivity contribution in [1.82, 2.24) is 36.6 Å². The van der Waals surface area contributed by atoms with Crippen molar-refractivity contribution in [3.8, 4) is 45.6 Å². The quantitative estimate of drug-likeness (QED) is 0.137. The van der Waals surface area contributed by atoms with E-state index < -0.39 is 15.2 Å². The first kappa shape index (κ1) is 41.1. The summed E-state index contributed by atoms with van der Waals surface area (Å²) in [6, 6.07) is 68.3. The second kappa shape index (κ2) is 16.9. The number of aromatic nitrogens is 8. The third-order valence-electron chi connectivity index (χ3n) is 12.2. The molecular formula is C56H32AlN8S4+. The zero-order chi connectivity index (χ0) is 45.4. The first-order valence-electron chi connectivity index (χ1n) is 22.3. The summed E-state index contributed by atoms with van der Waals surface area (Å²) in [5.41, 5.74) is 6.91. The molecule has 0 spiro atoms. The van der Waals surface area contributed by atoms with Gasteiger partial charge in [-0.3, -0.25) is 0 Å². The van der Waals surface area contributed by atoms with Crippen molar-refractivity contribution in [2.75, 3.05) is 0 Å². The Kier molecular flexibility index (Phi) is 10.1. The van der Waals surface area contributed by atoms with Crippen LogP contribution >= 0.6 is 47.0 Å². The van der Waals surface area contributed by atoms with Crippen LogP contribution < -0.4 is 0 Å². The molecule has 8 nitrogen and oxygen atoms in total. The molecule has 0 aliphatic carbocycles. The Hall–Kier alpha value is -6.95. The van der Waals surface area contributed by atoms with E-state index in [0.717, 1.165) is 106 Å². The zero-order valence-corrected chi connectivity index (χ0v) is 40.7. The fourth-order valence-corrected chi connectivity index (χ4v) is 14.0. The first-order valence-corrected chi connectivity index (χ1v) is 26.6. The van der Waals surface area contributed by atoms with Crippen LogP contribution in [0.2, 0.25) is 0 Å². The predicted octanol–water partition coefficient (Wildman–Crippen LogP) is 14.7. The number of rotatable bonds is 8. The SMILES string of the molecule is c1ccc(Sc2ccc3c(c2)-c2nc-3nc3c4cc(Sc5ccccc5)ccc4c4nc5nc(nc6c7cc(Sc8ccccc8)ccc7c(n2)[n]6[Al+][n]43)-c2ccc(Sc3ccccc3)cc2-5)cc1. The summed E-state index contributed by atoms with van der Waals surface area (Å²) in [6.45, 7) is 0. The topological polar surface area (TPSA) is 86.2 Å². The Morgan fingerprint density at radius 2 is 0.565 bits per heavy atom. The molecule has 0 N–H and O–H groups in total. The van der Waals surface area contributed by atoms with E-state index in [0.29, 0.717) is 23.3 Å². The molecule has 0 saturated heterocycles. The summed E-state index contributed by atoms with van der Waals surface area (Å²) in [7, 11) is 0. The molecule has 8 aromatic carbocycles. The van der Waals surface area contributed by atoms with E-state index in [4.69, 9.17) is 29.9 Å². The Labute approximate surface area is 418 Å². The zero-order valence-electron chi connectivity index (χ0n) is 36.3. The van der Waals surface area contributed by atoms with E-state index in [1.54, 1.807) is 47.0 Å². The van der Waals surface area contributed by atoms with Crippen molar-refractivity contribution in [1.29, 1.82) is 0 Å². The summed E-state index contributed by atoms with van der Waals surface area (Å²) >= 11 is 6.09. The molecule has 0 saturated carbocycles. The van der Waals surface area contributed by atoms with Gasteiger partial charge in [0.15, 0.2) is 0 Å². The summed E-state index contributed by atoms with van der Waals surface area (Å²) in [5, 5.41) is 3.95. The molecule has 14 rings (SSSR count). The first-order chi connectivity index (χ1) is 34.1. The molecule has 0 radical (unpaired) electrons. The number of nitrogens with zero attached hydrogens (tertiary/aromatic N) is 8. The van der Waals surface area contributed by atoms with Gasteiger partial charge in [0, 0.05) is 0 Å². The molecule has 322 valence electrons. The molecule has 0 amide bonds. The number of fused-ring (bicyclic) bond motifs is 16. The van der Waals surface area contributed by atoms with Crippen molar-refractivity contribution < 1.29 is 0 Å². The van der Waals surface area contributed by atoms with Crippen LogP contribution in [0.3, 0.4) is 0 Å². The van der Waals surface area contributed by atoms with E-state index >= 15 is 0 Å². The van der Waals surface area contributed by atoms with Crippen LogP contribution in [-0.4, -0.2) is 51.9 Å². The van der Waals surface area contributed by atoms with Crippen LogP contribution in [0, 0.1) is 0 Å². The van der Waals surface area contributed by atoms with Gasteiger partial charge >= 0.3 is 422 Å². The summed E-state index contributed by atoms with van der Waals surface area (Å²) in [6.07, 6.45) is 0. The van der Waals surface area contributed by atoms with E-state index in [2.05, 4.69) is 189 Å². The van der Waals surface area contributed by atoms with Crippen molar-refractivity contribution in [2.24, 2.45) is 0 Å². The number of benzene rings is 8. The molecule has 2 aliphatic rings. The monoisotopic (exact) mass is 971 g/mol. The Morgan fingerprint density at radius 3 is 0.928 bits per heavy atom. The van der Waals surface area contributed by atoms with Gasteiger partial charge in [0.25, 0.3) is 0 Å². The average Bonchev–Trinajstić information content (AvgIpc) is 4.07. The van der Waals surface area contributed by atoms with Crippen molar-refractivity contribution in [3.05, 3.63) is 194 Å². The molecule has 0 unspecified atom stereocenters. The van der Waals surface area contributed by atoms with Gasteiger partial charge in [0.05, 0.1) is 0 Å². The Bertz CT molecular complexity index is 3880. The van der Waals surface area contributed by atoms with E-state index in [-0.39, 0.29) is 0 Å². The van der Waals surface area contributed by atoms with Gasteiger partial charge in [0.2, 0.25) is 0 Å². The fraction of sp³-hybridized carbons (Fsp3) is 0. The maximum absolute atomic E-state index is 5.60. The van der Waals surface area contributed by atoms with Crippen LogP contribution in [0.15, 0.2) is 233 Å². The van der Waals surface area contributed by atoms with Crippen molar-refractivity contribution in [3.63, 3.8) is 0 Å². The number of hydrogen-bond donors (Lipinski definition) is 0. The van der Waals surface area contributed by atoms with Gasteiger partial charge in [-0.15, -0.1) is 0 Å². The van der Waals surface area contributed by atoms with Crippen molar-refractivity contribution in [2.45, 2.75) is 39.2 Å². The van der Waals surface area contributed by atoms with E-state index in [1.807, 2.05) is 12.1 Å². The molecular weight excluding hydrogens is 940 g/mol. The molecule has 2 aliphatic heterocycles. The molecule has 6 bridgehead atoms. The third-order valence-corrected chi connectivity index (χ3v) is 17.7. The van der Waals surface area contributed by atoms with Gasteiger partial charge in [0.1, 0.15) is 0 Å². The fourth-order valence-electron chi connectivity index (χ4n) is 9.06. The van der Waals surface area contributed by atoms with Crippen LogP contribution in [0.4, 0.5) is 0 Å². The number of hydrogen-bond acceptors (Lipinski definition) is 10. The Morgan fingerprint density at radius 1 is 0.261 bits per heavy atom. The minimum atomic E-state index is -0.828. The Balaban J connectivity index is 1.10. The summed E-state index contributed by atoms with van der Waals surface area (Å²) in [4.78, 5) is 42.1. The van der Waals surface area contributed by atoms with Gasteiger partial charge in [-0.25, -0.2) is 0 Å². The minimum absolute atomic E-state index is 0.623. The van der Waals surface area contributed by atoms with E-state index in [9.17, 15) is 0 Å². The van der Waals surface area contributed by atoms with E-state index in [1.165, 1.54) is 0 Å². The second-order valence-electron chi connectivity index (χ2n) is 16.6. The normalized spacial score (nSPS) is 11.9. The van der Waals surface area contributed by atoms with Crippen LogP contribution in [0.5, 0.6) is 0 Å². The molecule has 4 aromatic heterocycles. The average molecular weight is 972 g/mol. The predicted molar refractivity (Wildman–Crippen MR) is 282 cm³/mol. The van der Waals surface area contributed by atoms with Crippen LogP contribution in [-0.2, 0) is 0 Å². The maximum atomic E-state index is 5.60. The van der Waals surface area contributed by atoms with Gasteiger partial charge in [-0.1, -0.05) is 0 Å². The van der Waals surface area contributed by atoms with Gasteiger partial charge < -0.3 is 0 Å². The summed E-state index contributed by atoms with van der Waals surface area (Å²) < 4.78 is 4.61. The molecule has 6 heterocycles. The van der Waals surface area contributed by atoms with Crippen LogP contribution in [0.1, 0.15) is 0 Å². The summed E-state index contributed by atoms with van der Waals surface area (Å²) in [5.74, 6) is 2.49. The molecule has 0 atom stereocenters. The molecule has 13 heteroatoms. The second-order valence-corrected chi connectivity index (χ2v) is 22.5. The van der Waals surface area contributed by atoms with Gasteiger partial charge in [-0.05, 0) is 0 Å². The van der Waals surface area contributed by atoms with Gasteiger partial charge in [-0.2, -0.15) is 0 Å². The standard InChI is InChI=1S/C56H32N8S4.Al/c1-5-13-33(14-6-1)65-37-21-25-41-45(29-37)53-57-49(41)62-54-47-31-39(67-35-17-9-3-10-18-35)23-27-43(47)51(59-54)64-56-48-32-40(68-36-19-11-4-12-20-36)24-28-44(48)52(60-56)63-55-46-30-38(66-34-15-7-2-8-16-34)22-26-42(46)50(58-55)61-53;/h1-32H;/q-2;+3. The molecule has 69 heavy (non-hydrogen) atoms. The third kappa shape index (κ3) is 7.45. The molecule has 12 aromatic rings.